The van der Waals surface area contributed by atoms with E-state index in [2.05, 4.69) is 0 Å². The van der Waals surface area contributed by atoms with E-state index in [1.54, 1.807) is 6.08 Å². The molecule has 3 aliphatic rings. The van der Waals surface area contributed by atoms with Crippen molar-refractivity contribution in [2.24, 2.45) is 23.7 Å². The van der Waals surface area contributed by atoms with Crippen LogP contribution in [-0.2, 0) is 19.1 Å². The first-order valence-electron chi connectivity index (χ1n) is 15.5. The average molecular weight is 414 g/mol. The summed E-state index contributed by atoms with van der Waals surface area (Å²) in [7, 11) is 0. The van der Waals surface area contributed by atoms with E-state index >= 15 is 0 Å². The summed E-state index contributed by atoms with van der Waals surface area (Å²) in [4.78, 5) is 25.1. The van der Waals surface area contributed by atoms with Gasteiger partial charge in [0.2, 0.25) is 0 Å². The highest BCUT2D eigenvalue weighted by Crippen LogP contribution is 2.44. The smallest absolute Gasteiger partial charge is 0.308 e. The lowest BCUT2D eigenvalue weighted by atomic mass is 10.1. The van der Waals surface area contributed by atoms with Gasteiger partial charge in [-0.05, 0) is 49.5 Å². The van der Waals surface area contributed by atoms with Crippen molar-refractivity contribution in [3.63, 3.8) is 0 Å². The molecule has 0 saturated carbocycles. The van der Waals surface area contributed by atoms with Crippen molar-refractivity contribution in [2.45, 2.75) is 83.7 Å². The standard InChI is InChI=1S/C23H34O5/c1-4-14(2)23(26)28-20-7-5-6-16-9-8-15(3)19(22(16)20)11-10-18-12-17(24)13-21(25)27-18/h6,8-9,14-15,17-20,22,24H,4-5,7,10-13H2,1-3H3/t14-,15-,17+,18+,19-,20-,22-/m0/s1/i1+1D3,2+1,3+1D3,5+1,8+1,10+1D,12+1D2,13+1D2,16+1,19+1,20+1D/t10?,14-,15-,17+,18+,19-,20-,22-. The number of ether oxygens (including phenoxy) is 2. The normalized spacial score (nSPS) is 50.7. The third-order valence-electron chi connectivity index (χ3n) is 5.24. The Morgan fingerprint density at radius 1 is 1.61 bits per heavy atom. The van der Waals surface area contributed by atoms with Crippen molar-refractivity contribution in [1.29, 1.82) is 0 Å². The second-order valence-corrected chi connectivity index (χ2v) is 7.27. The van der Waals surface area contributed by atoms with E-state index in [-0.39, 0.29) is 6.42 Å². The second-order valence-electron chi connectivity index (χ2n) is 7.27. The van der Waals surface area contributed by atoms with Crippen LogP contribution in [0.15, 0.2) is 23.8 Å². The first-order valence-corrected chi connectivity index (χ1v) is 9.45. The fourth-order valence-electron chi connectivity index (χ4n) is 3.67. The van der Waals surface area contributed by atoms with Crippen molar-refractivity contribution in [3.8, 4) is 0 Å². The monoisotopic (exact) mass is 413 g/mol. The number of carbonyl (C=O) groups excluding carboxylic acids is 2. The van der Waals surface area contributed by atoms with Crippen molar-refractivity contribution < 1.29 is 40.6 Å². The number of carbonyl (C=O) groups is 2. The molecule has 0 radical (unpaired) electrons. The Bertz CT molecular complexity index is 1050. The van der Waals surface area contributed by atoms with Crippen molar-refractivity contribution >= 4 is 11.9 Å². The molecule has 0 aromatic rings. The Kier molecular flexibility index (Phi) is 3.44. The summed E-state index contributed by atoms with van der Waals surface area (Å²) in [5, 5.41) is 10.3. The summed E-state index contributed by atoms with van der Waals surface area (Å²) in [5.41, 5.74) is 0.468. The third kappa shape index (κ3) is 4.86. The zero-order valence-corrected chi connectivity index (χ0v) is 15.7. The van der Waals surface area contributed by atoms with Crippen LogP contribution in [0.5, 0.6) is 0 Å². The van der Waals surface area contributed by atoms with Gasteiger partial charge in [-0.15, -0.1) is 0 Å². The molecule has 1 unspecified atom stereocenters. The lowest BCUT2D eigenvalue weighted by Crippen LogP contribution is -2.40. The average Bonchev–Trinajstić information content (AvgIpc) is 2.78. The molecule has 1 fully saturated rings. The molecule has 5 nitrogen and oxygen atoms in total. The van der Waals surface area contributed by atoms with Crippen LogP contribution in [0.2, 0.25) is 0 Å². The lowest BCUT2D eigenvalue weighted by molar-refractivity contribution is -0.162. The Morgan fingerprint density at radius 2 is 2.46 bits per heavy atom. The van der Waals surface area contributed by atoms with Gasteiger partial charge in [-0.3, -0.25) is 9.59 Å². The van der Waals surface area contributed by atoms with E-state index in [4.69, 9.17) is 25.9 Å². The molecular weight excluding hydrogens is 367 g/mol. The number of aliphatic hydroxyl groups is 1. The molecule has 156 valence electrons. The third-order valence-corrected chi connectivity index (χ3v) is 5.24. The van der Waals surface area contributed by atoms with E-state index < -0.39 is 99.6 Å². The van der Waals surface area contributed by atoms with Crippen LogP contribution in [0.3, 0.4) is 0 Å². The maximum Gasteiger partial charge on any atom is 0.308 e. The van der Waals surface area contributed by atoms with E-state index in [0.29, 0.717) is 12.0 Å². The minimum absolute atomic E-state index is 0.0493. The van der Waals surface area contributed by atoms with E-state index in [0.717, 1.165) is 0 Å². The second kappa shape index (κ2) is 9.25. The summed E-state index contributed by atoms with van der Waals surface area (Å²) in [6, 6.07) is 0. The SMILES string of the molecule is [2H][13CH](C[13C@H]1[C@@H]([13C]([2H])([2H])[2H])[13CH]=C[13C]2=C[13CH2]C[13C@]([2H])(OC(=O)[C@@H]([13CH3])C[13C]([2H])([2H])[2H])[C@@H]21)[C@H]1OC(=O)[13C]([2H])([2H])[C@H](O)[13C]1([2H])[2H]. The predicted molar refractivity (Wildman–Crippen MR) is 106 cm³/mol. The zero-order chi connectivity index (χ0) is 30.6. The van der Waals surface area contributed by atoms with Crippen molar-refractivity contribution in [1.82, 2.24) is 0 Å². The molecule has 0 amide bonds. The van der Waals surface area contributed by atoms with Gasteiger partial charge in [0, 0.05) is 27.4 Å². The van der Waals surface area contributed by atoms with Crippen LogP contribution in [-0.4, -0.2) is 35.3 Å². The maximum atomic E-state index is 12.9. The van der Waals surface area contributed by atoms with Gasteiger partial charge in [-0.1, -0.05) is 38.9 Å². The van der Waals surface area contributed by atoms with Crippen LogP contribution in [0.1, 0.15) is 81.9 Å². The number of rotatable bonds is 6. The Morgan fingerprint density at radius 3 is 3.25 bits per heavy atom. The summed E-state index contributed by atoms with van der Waals surface area (Å²) < 4.78 is 107. The molecule has 0 aromatic carbocycles. The zero-order valence-electron chi connectivity index (χ0n) is 27.7. The fraction of sp³-hybridized carbons (Fsp3) is 0.739. The van der Waals surface area contributed by atoms with Gasteiger partial charge in [0.1, 0.15) is 12.2 Å². The first kappa shape index (κ1) is 10.4. The fourth-order valence-corrected chi connectivity index (χ4v) is 3.67. The molecule has 0 spiro atoms. The molecule has 1 heterocycles. The number of hydrogen-bond donors (Lipinski definition) is 1. The molecule has 8 atom stereocenters. The van der Waals surface area contributed by atoms with Crippen molar-refractivity contribution in [3.05, 3.63) is 23.8 Å². The van der Waals surface area contributed by atoms with Gasteiger partial charge in [0.25, 0.3) is 0 Å². The number of esters is 2. The molecule has 1 N–H and O–H groups in total. The number of fused-ring (bicyclic) bond motifs is 1. The van der Waals surface area contributed by atoms with Crippen LogP contribution in [0.25, 0.3) is 0 Å². The highest BCUT2D eigenvalue weighted by molar-refractivity contribution is 5.72. The molecule has 1 aliphatic heterocycles. The minimum Gasteiger partial charge on any atom is -0.462 e. The quantitative estimate of drug-likeness (QED) is 0.527. The van der Waals surface area contributed by atoms with Crippen LogP contribution in [0.4, 0.5) is 0 Å². The largest absolute Gasteiger partial charge is 0.462 e. The van der Waals surface area contributed by atoms with E-state index in [9.17, 15) is 14.7 Å². The van der Waals surface area contributed by atoms with Gasteiger partial charge < -0.3 is 14.6 Å². The van der Waals surface area contributed by atoms with Gasteiger partial charge in [0.15, 0.2) is 0 Å². The lowest BCUT2D eigenvalue weighted by Gasteiger charge is -2.42. The minimum atomic E-state index is -3.07. The molecule has 2 aliphatic carbocycles. The summed E-state index contributed by atoms with van der Waals surface area (Å²) in [6.07, 6.45) is -10.2. The topological polar surface area (TPSA) is 72.8 Å². The molecule has 3 rings (SSSR count). The van der Waals surface area contributed by atoms with Crippen LogP contribution < -0.4 is 0 Å². The van der Waals surface area contributed by atoms with E-state index in [1.165, 1.54) is 19.1 Å². The summed E-state index contributed by atoms with van der Waals surface area (Å²) in [6.45, 7) is -3.73. The number of hydrogen-bond acceptors (Lipinski definition) is 5. The van der Waals surface area contributed by atoms with Gasteiger partial charge >= 0.3 is 11.9 Å². The van der Waals surface area contributed by atoms with Gasteiger partial charge in [0.05, 0.1) is 19.8 Å². The van der Waals surface area contributed by atoms with Crippen LogP contribution in [0, 0.1) is 23.7 Å². The van der Waals surface area contributed by atoms with E-state index in [1.807, 2.05) is 0 Å². The molecule has 0 bridgehead atoms. The predicted octanol–water partition coefficient (Wildman–Crippen LogP) is 3.95. The Balaban J connectivity index is 1.98. The molecular formula is C23H34O5. The number of aliphatic hydroxyl groups excluding tert-OH is 1. The maximum absolute atomic E-state index is 12.9. The number of allylic oxidation sites excluding steroid dienone is 3. The Hall–Kier alpha value is -1.62. The summed E-state index contributed by atoms with van der Waals surface area (Å²) in [5.74, 6) is -7.09. The van der Waals surface area contributed by atoms with Gasteiger partial charge in [-0.25, -0.2) is 0 Å². The first-order chi connectivity index (χ1) is 18.0. The van der Waals surface area contributed by atoms with Crippen molar-refractivity contribution in [2.75, 3.05) is 0 Å². The molecule has 5 heteroatoms. The Labute approximate surface area is 185 Å². The summed E-state index contributed by atoms with van der Waals surface area (Å²) >= 11 is 0. The van der Waals surface area contributed by atoms with Gasteiger partial charge in [-0.2, -0.15) is 0 Å². The number of cyclic esters (lactones) is 1. The van der Waals surface area contributed by atoms with Crippen LogP contribution >= 0.6 is 0 Å². The molecule has 0 aromatic heterocycles. The highest BCUT2D eigenvalue weighted by atomic mass is 16.6. The molecule has 28 heavy (non-hydrogen) atoms. The molecule has 1 saturated heterocycles. The highest BCUT2D eigenvalue weighted by Gasteiger charge is 2.40.